The molecule has 0 spiro atoms. The highest BCUT2D eigenvalue weighted by atomic mass is 35.5. The van der Waals surface area contributed by atoms with Crippen molar-refractivity contribution in [3.63, 3.8) is 0 Å². The number of nitriles is 1. The second-order valence-electron chi connectivity index (χ2n) is 8.62. The van der Waals surface area contributed by atoms with Crippen molar-refractivity contribution in [2.45, 2.75) is 27.2 Å². The van der Waals surface area contributed by atoms with Crippen molar-refractivity contribution < 1.29 is 4.79 Å². The standard InChI is InChI=1S/C30H25ClN2O/c1-19-12-20(2)14-22(13-19)15-24-10-9-23-6-4-5-7-27(23)28(24)16-25(18-32)30(34)33-26-11-8-21(3)29(31)17-26/h4-14,16-17H,15H2,1-3H3,(H,33,34)/b25-16+. The average molecular weight is 465 g/mol. The first-order chi connectivity index (χ1) is 16.3. The minimum Gasteiger partial charge on any atom is -0.321 e. The fraction of sp³-hybridized carbons (Fsp3) is 0.133. The molecule has 0 heterocycles. The van der Waals surface area contributed by atoms with Crippen molar-refractivity contribution >= 4 is 40.0 Å². The molecule has 0 bridgehead atoms. The number of fused-ring (bicyclic) bond motifs is 1. The maximum absolute atomic E-state index is 13.0. The van der Waals surface area contributed by atoms with Gasteiger partial charge in [-0.05, 0) is 78.4 Å². The predicted octanol–water partition coefficient (Wildman–Crippen LogP) is 7.55. The minimum absolute atomic E-state index is 0.0368. The number of anilines is 1. The summed E-state index contributed by atoms with van der Waals surface area (Å²) in [5.41, 5.74) is 7.06. The van der Waals surface area contributed by atoms with E-state index in [1.807, 2.05) is 37.3 Å². The Balaban J connectivity index is 1.77. The molecule has 168 valence electrons. The molecule has 4 heteroatoms. The van der Waals surface area contributed by atoms with E-state index in [-0.39, 0.29) is 5.57 Å². The summed E-state index contributed by atoms with van der Waals surface area (Å²) in [6, 6.07) is 26.1. The Labute approximate surface area is 205 Å². The van der Waals surface area contributed by atoms with Crippen LogP contribution in [-0.2, 0) is 11.2 Å². The largest absolute Gasteiger partial charge is 0.321 e. The SMILES string of the molecule is Cc1cc(C)cc(Cc2ccc3ccccc3c2/C=C(\C#N)C(=O)Nc2ccc(C)c(Cl)c2)c1. The molecule has 0 saturated carbocycles. The maximum Gasteiger partial charge on any atom is 0.266 e. The molecule has 0 fully saturated rings. The quantitative estimate of drug-likeness (QED) is 0.245. The monoisotopic (exact) mass is 464 g/mol. The molecule has 1 amide bonds. The van der Waals surface area contributed by atoms with Crippen LogP contribution in [0.4, 0.5) is 5.69 Å². The van der Waals surface area contributed by atoms with E-state index in [4.69, 9.17) is 11.6 Å². The van der Waals surface area contributed by atoms with Gasteiger partial charge in [0.2, 0.25) is 0 Å². The number of aryl methyl sites for hydroxylation is 3. The molecule has 0 aliphatic carbocycles. The van der Waals surface area contributed by atoms with Crippen LogP contribution in [0.15, 0.2) is 78.4 Å². The highest BCUT2D eigenvalue weighted by molar-refractivity contribution is 6.31. The number of carbonyl (C=O) groups excluding carboxylic acids is 1. The molecular weight excluding hydrogens is 440 g/mol. The molecule has 0 aliphatic rings. The van der Waals surface area contributed by atoms with Gasteiger partial charge in [-0.1, -0.05) is 83.4 Å². The van der Waals surface area contributed by atoms with Gasteiger partial charge in [0.25, 0.3) is 5.91 Å². The average Bonchev–Trinajstić information content (AvgIpc) is 2.80. The lowest BCUT2D eigenvalue weighted by Gasteiger charge is -2.13. The third-order valence-corrected chi connectivity index (χ3v) is 6.23. The van der Waals surface area contributed by atoms with E-state index in [0.29, 0.717) is 17.1 Å². The lowest BCUT2D eigenvalue weighted by molar-refractivity contribution is -0.112. The number of nitrogens with zero attached hydrogens (tertiary/aromatic N) is 1. The van der Waals surface area contributed by atoms with Gasteiger partial charge in [-0.15, -0.1) is 0 Å². The van der Waals surface area contributed by atoms with Crippen molar-refractivity contribution in [3.8, 4) is 6.07 Å². The third-order valence-electron chi connectivity index (χ3n) is 5.82. The van der Waals surface area contributed by atoms with Crippen LogP contribution in [0.25, 0.3) is 16.8 Å². The number of benzene rings is 4. The van der Waals surface area contributed by atoms with Crippen LogP contribution in [0.3, 0.4) is 0 Å². The molecule has 3 nitrogen and oxygen atoms in total. The van der Waals surface area contributed by atoms with Gasteiger partial charge in [-0.3, -0.25) is 4.79 Å². The van der Waals surface area contributed by atoms with Crippen LogP contribution >= 0.6 is 11.6 Å². The molecule has 4 aromatic rings. The summed E-state index contributed by atoms with van der Waals surface area (Å²) in [6.45, 7) is 6.08. The highest BCUT2D eigenvalue weighted by Crippen LogP contribution is 2.28. The Morgan fingerprint density at radius 3 is 2.41 bits per heavy atom. The Morgan fingerprint density at radius 1 is 0.971 bits per heavy atom. The molecule has 0 atom stereocenters. The van der Waals surface area contributed by atoms with Crippen molar-refractivity contribution in [1.29, 1.82) is 5.26 Å². The number of halogens is 1. The van der Waals surface area contributed by atoms with E-state index in [2.05, 4.69) is 55.6 Å². The van der Waals surface area contributed by atoms with Gasteiger partial charge in [-0.2, -0.15) is 5.26 Å². The van der Waals surface area contributed by atoms with Gasteiger partial charge >= 0.3 is 0 Å². The molecule has 0 radical (unpaired) electrons. The van der Waals surface area contributed by atoms with Crippen LogP contribution in [0.1, 0.15) is 33.4 Å². The van der Waals surface area contributed by atoms with E-state index >= 15 is 0 Å². The first-order valence-electron chi connectivity index (χ1n) is 11.1. The summed E-state index contributed by atoms with van der Waals surface area (Å²) in [4.78, 5) is 13.0. The van der Waals surface area contributed by atoms with Crippen LogP contribution in [0.5, 0.6) is 0 Å². The zero-order valence-electron chi connectivity index (χ0n) is 19.4. The minimum atomic E-state index is -0.465. The number of nitrogens with one attached hydrogen (secondary N) is 1. The molecule has 0 aromatic heterocycles. The first-order valence-corrected chi connectivity index (χ1v) is 11.5. The summed E-state index contributed by atoms with van der Waals surface area (Å²) in [5.74, 6) is -0.465. The summed E-state index contributed by atoms with van der Waals surface area (Å²) in [5, 5.41) is 15.3. The number of carbonyl (C=O) groups is 1. The summed E-state index contributed by atoms with van der Waals surface area (Å²) < 4.78 is 0. The van der Waals surface area contributed by atoms with Crippen molar-refractivity contribution in [1.82, 2.24) is 0 Å². The molecule has 0 saturated heterocycles. The van der Waals surface area contributed by atoms with Gasteiger partial charge < -0.3 is 5.32 Å². The van der Waals surface area contributed by atoms with Crippen molar-refractivity contribution in [2.75, 3.05) is 5.32 Å². The lowest BCUT2D eigenvalue weighted by atomic mass is 9.92. The van der Waals surface area contributed by atoms with Crippen LogP contribution in [-0.4, -0.2) is 5.91 Å². The maximum atomic E-state index is 13.0. The van der Waals surface area contributed by atoms with E-state index in [1.54, 1.807) is 18.2 Å². The van der Waals surface area contributed by atoms with E-state index in [1.165, 1.54) is 16.7 Å². The zero-order valence-corrected chi connectivity index (χ0v) is 20.2. The fourth-order valence-corrected chi connectivity index (χ4v) is 4.40. The van der Waals surface area contributed by atoms with Crippen molar-refractivity contribution in [2.24, 2.45) is 0 Å². The summed E-state index contributed by atoms with van der Waals surface area (Å²) in [6.07, 6.45) is 2.40. The Morgan fingerprint density at radius 2 is 1.71 bits per heavy atom. The van der Waals surface area contributed by atoms with Gasteiger partial charge in [0.15, 0.2) is 0 Å². The highest BCUT2D eigenvalue weighted by Gasteiger charge is 2.14. The number of hydrogen-bond acceptors (Lipinski definition) is 2. The molecule has 4 rings (SSSR count). The molecule has 1 N–H and O–H groups in total. The summed E-state index contributed by atoms with van der Waals surface area (Å²) >= 11 is 6.19. The second-order valence-corrected chi connectivity index (χ2v) is 9.03. The molecule has 0 aliphatic heterocycles. The first kappa shape index (κ1) is 23.3. The van der Waals surface area contributed by atoms with Gasteiger partial charge in [0.1, 0.15) is 11.6 Å². The van der Waals surface area contributed by atoms with E-state index in [9.17, 15) is 10.1 Å². The number of hydrogen-bond donors (Lipinski definition) is 1. The topological polar surface area (TPSA) is 52.9 Å². The summed E-state index contributed by atoms with van der Waals surface area (Å²) in [7, 11) is 0. The Kier molecular flexibility index (Phi) is 6.82. The van der Waals surface area contributed by atoms with Gasteiger partial charge in [-0.25, -0.2) is 0 Å². The number of amides is 1. The van der Waals surface area contributed by atoms with Crippen LogP contribution in [0.2, 0.25) is 5.02 Å². The Hall–Kier alpha value is -3.87. The molecule has 34 heavy (non-hydrogen) atoms. The normalized spacial score (nSPS) is 11.3. The number of rotatable bonds is 5. The van der Waals surface area contributed by atoms with Gasteiger partial charge in [0.05, 0.1) is 0 Å². The van der Waals surface area contributed by atoms with Crippen LogP contribution in [0, 0.1) is 32.1 Å². The van der Waals surface area contributed by atoms with Gasteiger partial charge in [0, 0.05) is 10.7 Å². The van der Waals surface area contributed by atoms with Crippen LogP contribution < -0.4 is 5.32 Å². The predicted molar refractivity (Wildman–Crippen MR) is 141 cm³/mol. The lowest BCUT2D eigenvalue weighted by Crippen LogP contribution is -2.13. The zero-order chi connectivity index (χ0) is 24.2. The molecule has 4 aromatic carbocycles. The smallest absolute Gasteiger partial charge is 0.266 e. The molecule has 0 unspecified atom stereocenters. The third kappa shape index (κ3) is 5.20. The van der Waals surface area contributed by atoms with E-state index in [0.717, 1.165) is 27.5 Å². The van der Waals surface area contributed by atoms with Crippen molar-refractivity contribution in [3.05, 3.63) is 117 Å². The molecular formula is C30H25ClN2O. The Bertz CT molecular complexity index is 1460. The van der Waals surface area contributed by atoms with E-state index < -0.39 is 5.91 Å². The fourth-order valence-electron chi connectivity index (χ4n) is 4.22. The second kappa shape index (κ2) is 9.95.